The number of rotatable bonds is 4. The predicted octanol–water partition coefficient (Wildman–Crippen LogP) is 2.24. The molecule has 2 heterocycles. The highest BCUT2D eigenvalue weighted by atomic mass is 19.1. The van der Waals surface area contributed by atoms with Gasteiger partial charge in [0.1, 0.15) is 18.3 Å². The molecular formula is C14H17FN4O. The Morgan fingerprint density at radius 1 is 1.35 bits per heavy atom. The van der Waals surface area contributed by atoms with Crippen LogP contribution >= 0.6 is 0 Å². The molecule has 0 amide bonds. The van der Waals surface area contributed by atoms with Crippen LogP contribution in [0.1, 0.15) is 12.8 Å². The van der Waals surface area contributed by atoms with Gasteiger partial charge in [-0.05, 0) is 37.0 Å². The fourth-order valence-corrected chi connectivity index (χ4v) is 2.35. The molecule has 1 fully saturated rings. The van der Waals surface area contributed by atoms with E-state index in [0.717, 1.165) is 38.3 Å². The van der Waals surface area contributed by atoms with Crippen molar-refractivity contribution in [2.75, 3.05) is 25.1 Å². The molecule has 1 aromatic carbocycles. The lowest BCUT2D eigenvalue weighted by Gasteiger charge is -2.22. The number of nitrogens with zero attached hydrogens (tertiary/aromatic N) is 3. The summed E-state index contributed by atoms with van der Waals surface area (Å²) in [6.07, 6.45) is 4.99. The maximum absolute atomic E-state index is 14.0. The quantitative estimate of drug-likeness (QED) is 0.930. The third-order valence-electron chi connectivity index (χ3n) is 3.55. The first-order chi connectivity index (χ1) is 9.83. The smallest absolute Gasteiger partial charge is 0.150 e. The van der Waals surface area contributed by atoms with Gasteiger partial charge in [-0.1, -0.05) is 0 Å². The zero-order valence-electron chi connectivity index (χ0n) is 11.1. The van der Waals surface area contributed by atoms with Gasteiger partial charge in [-0.25, -0.2) is 14.1 Å². The van der Waals surface area contributed by atoms with E-state index in [1.807, 2.05) is 6.07 Å². The number of anilines is 1. The Hall–Kier alpha value is -1.95. The zero-order valence-corrected chi connectivity index (χ0v) is 11.1. The first-order valence-electron chi connectivity index (χ1n) is 6.79. The van der Waals surface area contributed by atoms with E-state index in [4.69, 9.17) is 4.74 Å². The van der Waals surface area contributed by atoms with Gasteiger partial charge in [0.15, 0.2) is 5.82 Å². The van der Waals surface area contributed by atoms with Gasteiger partial charge in [0, 0.05) is 25.4 Å². The zero-order chi connectivity index (χ0) is 13.8. The minimum absolute atomic E-state index is 0.313. The summed E-state index contributed by atoms with van der Waals surface area (Å²) in [5.41, 5.74) is 1.19. The van der Waals surface area contributed by atoms with Crippen molar-refractivity contribution in [1.29, 1.82) is 0 Å². The standard InChI is InChI=1S/C14H17FN4O/c15-13-7-12(17-8-11-3-5-20-6-4-11)1-2-14(13)19-10-16-9-18-19/h1-2,7,9-11,17H,3-6,8H2. The van der Waals surface area contributed by atoms with Crippen LogP contribution in [0.25, 0.3) is 5.69 Å². The van der Waals surface area contributed by atoms with E-state index in [2.05, 4.69) is 15.4 Å². The summed E-state index contributed by atoms with van der Waals surface area (Å²) in [6.45, 7) is 2.50. The van der Waals surface area contributed by atoms with Crippen LogP contribution in [-0.4, -0.2) is 34.5 Å². The Balaban J connectivity index is 1.64. The van der Waals surface area contributed by atoms with Crippen molar-refractivity contribution in [2.24, 2.45) is 5.92 Å². The molecule has 0 unspecified atom stereocenters. The highest BCUT2D eigenvalue weighted by Crippen LogP contribution is 2.19. The molecule has 0 radical (unpaired) electrons. The van der Waals surface area contributed by atoms with Crippen molar-refractivity contribution in [1.82, 2.24) is 14.8 Å². The maximum atomic E-state index is 14.0. The Morgan fingerprint density at radius 3 is 2.90 bits per heavy atom. The highest BCUT2D eigenvalue weighted by Gasteiger charge is 2.13. The molecule has 1 N–H and O–H groups in total. The van der Waals surface area contributed by atoms with Crippen LogP contribution in [0, 0.1) is 11.7 Å². The number of hydrogen-bond donors (Lipinski definition) is 1. The molecule has 1 aliphatic rings. The molecule has 5 nitrogen and oxygen atoms in total. The van der Waals surface area contributed by atoms with Gasteiger partial charge in [-0.15, -0.1) is 0 Å². The number of hydrogen-bond acceptors (Lipinski definition) is 4. The largest absolute Gasteiger partial charge is 0.385 e. The predicted molar refractivity (Wildman–Crippen MR) is 73.3 cm³/mol. The molecule has 0 atom stereocenters. The van der Waals surface area contributed by atoms with Gasteiger partial charge < -0.3 is 10.1 Å². The summed E-state index contributed by atoms with van der Waals surface area (Å²) < 4.78 is 20.8. The normalized spacial score (nSPS) is 16.2. The van der Waals surface area contributed by atoms with Crippen LogP contribution in [0.2, 0.25) is 0 Å². The van der Waals surface area contributed by atoms with Crippen molar-refractivity contribution in [3.63, 3.8) is 0 Å². The first kappa shape index (κ1) is 13.1. The second-order valence-electron chi connectivity index (χ2n) is 4.94. The van der Waals surface area contributed by atoms with Crippen LogP contribution in [0.3, 0.4) is 0 Å². The minimum Gasteiger partial charge on any atom is -0.385 e. The van der Waals surface area contributed by atoms with Crippen LogP contribution in [0.4, 0.5) is 10.1 Å². The molecule has 0 saturated carbocycles. The lowest BCUT2D eigenvalue weighted by molar-refractivity contribution is 0.0699. The number of nitrogens with one attached hydrogen (secondary N) is 1. The first-order valence-corrected chi connectivity index (χ1v) is 6.79. The van der Waals surface area contributed by atoms with Crippen molar-refractivity contribution in [3.05, 3.63) is 36.7 Å². The molecule has 20 heavy (non-hydrogen) atoms. The molecular weight excluding hydrogens is 259 g/mol. The molecule has 6 heteroatoms. The van der Waals surface area contributed by atoms with Gasteiger partial charge in [0.25, 0.3) is 0 Å². The van der Waals surface area contributed by atoms with Crippen molar-refractivity contribution >= 4 is 5.69 Å². The lowest BCUT2D eigenvalue weighted by Crippen LogP contribution is -2.22. The van der Waals surface area contributed by atoms with E-state index in [1.54, 1.807) is 6.07 Å². The maximum Gasteiger partial charge on any atom is 0.150 e. The Kier molecular flexibility index (Phi) is 3.92. The average Bonchev–Trinajstić information content (AvgIpc) is 3.00. The van der Waals surface area contributed by atoms with Gasteiger partial charge >= 0.3 is 0 Å². The molecule has 1 aliphatic heterocycles. The van der Waals surface area contributed by atoms with Gasteiger partial charge in [-0.3, -0.25) is 0 Å². The van der Waals surface area contributed by atoms with Crippen LogP contribution < -0.4 is 5.32 Å². The number of ether oxygens (including phenoxy) is 1. The Bertz CT molecular complexity index is 552. The summed E-state index contributed by atoms with van der Waals surface area (Å²) in [5, 5.41) is 7.21. The lowest BCUT2D eigenvalue weighted by atomic mass is 10.0. The van der Waals surface area contributed by atoms with Gasteiger partial charge in [-0.2, -0.15) is 5.10 Å². The molecule has 0 aliphatic carbocycles. The van der Waals surface area contributed by atoms with Crippen LogP contribution in [-0.2, 0) is 4.74 Å². The average molecular weight is 276 g/mol. The summed E-state index contributed by atoms with van der Waals surface area (Å²) in [6, 6.07) is 5.06. The fraction of sp³-hybridized carbons (Fsp3) is 0.429. The monoisotopic (exact) mass is 276 g/mol. The van der Waals surface area contributed by atoms with E-state index >= 15 is 0 Å². The third-order valence-corrected chi connectivity index (χ3v) is 3.55. The molecule has 1 saturated heterocycles. The molecule has 0 bridgehead atoms. The van der Waals surface area contributed by atoms with Gasteiger partial charge in [0.05, 0.1) is 0 Å². The minimum atomic E-state index is -0.313. The second-order valence-corrected chi connectivity index (χ2v) is 4.94. The third kappa shape index (κ3) is 2.96. The highest BCUT2D eigenvalue weighted by molar-refractivity contribution is 5.49. The molecule has 1 aromatic heterocycles. The summed E-state index contributed by atoms with van der Waals surface area (Å²) in [4.78, 5) is 3.82. The molecule has 106 valence electrons. The number of benzene rings is 1. The van der Waals surface area contributed by atoms with Crippen LogP contribution in [0.15, 0.2) is 30.9 Å². The van der Waals surface area contributed by atoms with E-state index in [-0.39, 0.29) is 5.82 Å². The van der Waals surface area contributed by atoms with Crippen molar-refractivity contribution in [3.8, 4) is 5.69 Å². The van der Waals surface area contributed by atoms with Crippen molar-refractivity contribution in [2.45, 2.75) is 12.8 Å². The summed E-state index contributed by atoms with van der Waals surface area (Å²) in [5.74, 6) is 0.286. The number of aromatic nitrogens is 3. The second kappa shape index (κ2) is 6.00. The van der Waals surface area contributed by atoms with Crippen molar-refractivity contribution < 1.29 is 9.13 Å². The molecule has 2 aromatic rings. The van der Waals surface area contributed by atoms with Crippen LogP contribution in [0.5, 0.6) is 0 Å². The van der Waals surface area contributed by atoms with Gasteiger partial charge in [0.2, 0.25) is 0 Å². The van der Waals surface area contributed by atoms with E-state index < -0.39 is 0 Å². The Morgan fingerprint density at radius 2 is 2.20 bits per heavy atom. The summed E-state index contributed by atoms with van der Waals surface area (Å²) >= 11 is 0. The van der Waals surface area contributed by atoms with E-state index in [9.17, 15) is 4.39 Å². The number of halogens is 1. The SMILES string of the molecule is Fc1cc(NCC2CCOCC2)ccc1-n1cncn1. The molecule has 3 rings (SSSR count). The Labute approximate surface area is 116 Å². The summed E-state index contributed by atoms with van der Waals surface area (Å²) in [7, 11) is 0. The fourth-order valence-electron chi connectivity index (χ4n) is 2.35. The topological polar surface area (TPSA) is 52.0 Å². The van der Waals surface area contributed by atoms with E-state index in [1.165, 1.54) is 23.4 Å². The molecule has 0 spiro atoms. The van der Waals surface area contributed by atoms with E-state index in [0.29, 0.717) is 11.6 Å².